The molecule has 1 unspecified atom stereocenters. The van der Waals surface area contributed by atoms with Gasteiger partial charge >= 0.3 is 6.18 Å². The third-order valence-electron chi connectivity index (χ3n) is 4.46. The fraction of sp³-hybridized carbons (Fsp3) is 0.158. The number of fused-ring (bicyclic) bond motifs is 3. The Morgan fingerprint density at radius 3 is 2.50 bits per heavy atom. The van der Waals surface area contributed by atoms with Crippen LogP contribution in [0.25, 0.3) is 11.3 Å². The largest absolute Gasteiger partial charge is 0.406 e. The zero-order valence-corrected chi connectivity index (χ0v) is 13.5. The van der Waals surface area contributed by atoms with Crippen LogP contribution < -0.4 is 5.32 Å². The van der Waals surface area contributed by atoms with Crippen LogP contribution in [-0.4, -0.2) is 22.3 Å². The number of anilines is 1. The molecule has 1 atom stereocenters. The first-order chi connectivity index (χ1) is 12.4. The molecule has 1 aliphatic carbocycles. The Kier molecular flexibility index (Phi) is 3.79. The molecular weight excluding hydrogens is 343 g/mol. The fourth-order valence-corrected chi connectivity index (χ4v) is 3.29. The molecule has 0 aliphatic heterocycles. The van der Waals surface area contributed by atoms with Crippen molar-refractivity contribution in [2.24, 2.45) is 0 Å². The maximum Gasteiger partial charge on any atom is 0.406 e. The number of hydrogen-bond donors (Lipinski definition) is 2. The van der Waals surface area contributed by atoms with Crippen molar-refractivity contribution in [3.63, 3.8) is 0 Å². The highest BCUT2D eigenvalue weighted by Crippen LogP contribution is 2.43. The maximum atomic E-state index is 13.7. The highest BCUT2D eigenvalue weighted by atomic mass is 19.4. The zero-order chi connectivity index (χ0) is 18.3. The standard InChI is InChI=1S/C19H14F3N3O/c20-19(21,22)15(18(26)23-12-7-2-1-3-8-12)17-14-10-11-6-4-5-9-13(11)16(14)24-25-17/h1-9,15H,10H2,(H,23,26)(H,24,25). The third-order valence-corrected chi connectivity index (χ3v) is 4.46. The van der Waals surface area contributed by atoms with Crippen LogP contribution in [0, 0.1) is 0 Å². The number of alkyl halides is 3. The van der Waals surface area contributed by atoms with Gasteiger partial charge in [-0.15, -0.1) is 0 Å². The molecule has 2 N–H and O–H groups in total. The van der Waals surface area contributed by atoms with Gasteiger partial charge in [0, 0.05) is 23.2 Å². The van der Waals surface area contributed by atoms with Crippen molar-refractivity contribution in [2.45, 2.75) is 18.5 Å². The van der Waals surface area contributed by atoms with E-state index in [2.05, 4.69) is 15.5 Å². The van der Waals surface area contributed by atoms with Gasteiger partial charge in [0.15, 0.2) is 5.92 Å². The first-order valence-electron chi connectivity index (χ1n) is 8.03. The molecule has 4 nitrogen and oxygen atoms in total. The highest BCUT2D eigenvalue weighted by Gasteiger charge is 2.49. The Labute approximate surface area is 147 Å². The lowest BCUT2D eigenvalue weighted by atomic mass is 9.98. The van der Waals surface area contributed by atoms with E-state index in [1.54, 1.807) is 30.3 Å². The highest BCUT2D eigenvalue weighted by molar-refractivity contribution is 5.97. The smallest absolute Gasteiger partial charge is 0.325 e. The second-order valence-electron chi connectivity index (χ2n) is 6.13. The van der Waals surface area contributed by atoms with Crippen LogP contribution in [0.2, 0.25) is 0 Å². The first kappa shape index (κ1) is 16.4. The molecule has 132 valence electrons. The number of amides is 1. The molecule has 0 spiro atoms. The molecule has 0 saturated carbocycles. The lowest BCUT2D eigenvalue weighted by Crippen LogP contribution is -2.34. The molecule has 2 aromatic carbocycles. The van der Waals surface area contributed by atoms with Crippen LogP contribution in [0.1, 0.15) is 22.7 Å². The molecule has 0 bridgehead atoms. The second kappa shape index (κ2) is 6.01. The van der Waals surface area contributed by atoms with Crippen LogP contribution in [0.15, 0.2) is 54.6 Å². The Bertz CT molecular complexity index is 964. The minimum Gasteiger partial charge on any atom is -0.325 e. The summed E-state index contributed by atoms with van der Waals surface area (Å²) in [4.78, 5) is 12.5. The Hall–Kier alpha value is -3.09. The van der Waals surface area contributed by atoms with Gasteiger partial charge in [0.1, 0.15) is 0 Å². The van der Waals surface area contributed by atoms with Crippen LogP contribution in [0.5, 0.6) is 0 Å². The van der Waals surface area contributed by atoms with Crippen LogP contribution in [0.3, 0.4) is 0 Å². The fourth-order valence-electron chi connectivity index (χ4n) is 3.29. The summed E-state index contributed by atoms with van der Waals surface area (Å²) in [5.41, 5.74) is 2.73. The van der Waals surface area contributed by atoms with Crippen LogP contribution in [-0.2, 0) is 11.2 Å². The molecule has 1 amide bonds. The van der Waals surface area contributed by atoms with E-state index >= 15 is 0 Å². The van der Waals surface area contributed by atoms with Crippen molar-refractivity contribution in [3.05, 3.63) is 71.4 Å². The Morgan fingerprint density at radius 2 is 1.77 bits per heavy atom. The molecule has 1 aromatic heterocycles. The predicted molar refractivity (Wildman–Crippen MR) is 90.7 cm³/mol. The van der Waals surface area contributed by atoms with E-state index in [0.29, 0.717) is 23.4 Å². The van der Waals surface area contributed by atoms with Gasteiger partial charge in [-0.3, -0.25) is 9.89 Å². The van der Waals surface area contributed by atoms with Gasteiger partial charge in [-0.2, -0.15) is 18.3 Å². The number of rotatable bonds is 3. The van der Waals surface area contributed by atoms with Gasteiger partial charge < -0.3 is 5.32 Å². The number of hydrogen-bond acceptors (Lipinski definition) is 2. The van der Waals surface area contributed by atoms with Crippen molar-refractivity contribution in [3.8, 4) is 11.3 Å². The number of nitrogens with zero attached hydrogens (tertiary/aromatic N) is 1. The van der Waals surface area contributed by atoms with E-state index in [-0.39, 0.29) is 5.69 Å². The van der Waals surface area contributed by atoms with Crippen molar-refractivity contribution >= 4 is 11.6 Å². The van der Waals surface area contributed by atoms with Crippen molar-refractivity contribution in [1.82, 2.24) is 10.2 Å². The van der Waals surface area contributed by atoms with Crippen LogP contribution >= 0.6 is 0 Å². The topological polar surface area (TPSA) is 57.8 Å². The van der Waals surface area contributed by atoms with Crippen molar-refractivity contribution < 1.29 is 18.0 Å². The van der Waals surface area contributed by atoms with Gasteiger partial charge in [-0.25, -0.2) is 0 Å². The van der Waals surface area contributed by atoms with Gasteiger partial charge in [-0.1, -0.05) is 42.5 Å². The van der Waals surface area contributed by atoms with E-state index in [9.17, 15) is 18.0 Å². The van der Waals surface area contributed by atoms with Gasteiger partial charge in [-0.05, 0) is 17.7 Å². The summed E-state index contributed by atoms with van der Waals surface area (Å²) in [5, 5.41) is 8.86. The number of halogens is 3. The monoisotopic (exact) mass is 357 g/mol. The van der Waals surface area contributed by atoms with E-state index in [1.807, 2.05) is 24.3 Å². The quantitative estimate of drug-likeness (QED) is 0.575. The van der Waals surface area contributed by atoms with E-state index in [4.69, 9.17) is 0 Å². The minimum atomic E-state index is -4.74. The van der Waals surface area contributed by atoms with E-state index in [1.165, 1.54) is 0 Å². The van der Waals surface area contributed by atoms with Crippen LogP contribution in [0.4, 0.5) is 18.9 Å². The molecule has 1 heterocycles. The summed E-state index contributed by atoms with van der Waals surface area (Å²) < 4.78 is 41.2. The van der Waals surface area contributed by atoms with E-state index < -0.39 is 18.0 Å². The lowest BCUT2D eigenvalue weighted by molar-refractivity contribution is -0.162. The zero-order valence-electron chi connectivity index (χ0n) is 13.5. The Morgan fingerprint density at radius 1 is 1.08 bits per heavy atom. The summed E-state index contributed by atoms with van der Waals surface area (Å²) in [6.45, 7) is 0. The van der Waals surface area contributed by atoms with Gasteiger partial charge in [0.25, 0.3) is 0 Å². The number of carbonyl (C=O) groups excluding carboxylic acids is 1. The lowest BCUT2D eigenvalue weighted by Gasteiger charge is -2.19. The summed E-state index contributed by atoms with van der Waals surface area (Å²) in [5.74, 6) is -3.45. The summed E-state index contributed by atoms with van der Waals surface area (Å²) in [6.07, 6.45) is -4.42. The summed E-state index contributed by atoms with van der Waals surface area (Å²) in [6, 6.07) is 15.4. The number of aromatic nitrogens is 2. The van der Waals surface area contributed by atoms with Gasteiger partial charge in [0.2, 0.25) is 5.91 Å². The first-order valence-corrected chi connectivity index (χ1v) is 8.03. The molecule has 26 heavy (non-hydrogen) atoms. The Balaban J connectivity index is 1.71. The number of benzene rings is 2. The molecule has 3 aromatic rings. The summed E-state index contributed by atoms with van der Waals surface area (Å²) in [7, 11) is 0. The SMILES string of the molecule is O=C(Nc1ccccc1)C(c1[nH]nc2c1Cc1ccccc1-2)C(F)(F)F. The number of carbonyl (C=O) groups is 1. The third kappa shape index (κ3) is 2.75. The molecule has 0 saturated heterocycles. The summed E-state index contributed by atoms with van der Waals surface area (Å²) >= 11 is 0. The van der Waals surface area contributed by atoms with Gasteiger partial charge in [0.05, 0.1) is 11.4 Å². The average molecular weight is 357 g/mol. The normalized spacial score (nSPS) is 13.8. The van der Waals surface area contributed by atoms with E-state index in [0.717, 1.165) is 11.1 Å². The number of aromatic amines is 1. The predicted octanol–water partition coefficient (Wildman–Crippen LogP) is 4.27. The molecule has 0 radical (unpaired) electrons. The van der Waals surface area contributed by atoms with Crippen molar-refractivity contribution in [1.29, 1.82) is 0 Å². The molecular formula is C19H14F3N3O. The maximum absolute atomic E-state index is 13.7. The average Bonchev–Trinajstić information content (AvgIpc) is 3.15. The molecule has 7 heteroatoms. The number of para-hydroxylation sites is 1. The molecule has 0 fully saturated rings. The molecule has 1 aliphatic rings. The second-order valence-corrected chi connectivity index (χ2v) is 6.13. The number of nitrogens with one attached hydrogen (secondary N) is 2. The van der Waals surface area contributed by atoms with Crippen molar-refractivity contribution in [2.75, 3.05) is 5.32 Å². The minimum absolute atomic E-state index is 0.197. The molecule has 4 rings (SSSR count). The number of H-pyrrole nitrogens is 1.